The molecule has 1 fully saturated rings. The number of carbonyl (C=O) groups excluding carboxylic acids is 1. The number of aryl methyl sites for hydroxylation is 1. The quantitative estimate of drug-likeness (QED) is 0.696. The Balaban J connectivity index is 1.44. The molecule has 1 aliphatic rings. The van der Waals surface area contributed by atoms with Gasteiger partial charge in [-0.2, -0.15) is 5.10 Å². The molecule has 4 heterocycles. The summed E-state index contributed by atoms with van der Waals surface area (Å²) >= 11 is 0. The van der Waals surface area contributed by atoms with Crippen molar-refractivity contribution in [1.29, 1.82) is 0 Å². The number of hydrogen-bond acceptors (Lipinski definition) is 4. The molecule has 27 heavy (non-hydrogen) atoms. The van der Waals surface area contributed by atoms with E-state index in [0.717, 1.165) is 36.6 Å². The first kappa shape index (κ1) is 17.5. The molecule has 0 aromatic carbocycles. The topological polar surface area (TPSA) is 68.8 Å². The van der Waals surface area contributed by atoms with E-state index in [1.807, 2.05) is 60.9 Å². The lowest BCUT2D eigenvalue weighted by molar-refractivity contribution is -0.133. The fraction of sp³-hybridized carbons (Fsp3) is 0.400. The van der Waals surface area contributed by atoms with Crippen molar-refractivity contribution >= 4 is 5.91 Å². The van der Waals surface area contributed by atoms with Gasteiger partial charge in [0, 0.05) is 43.8 Å². The van der Waals surface area contributed by atoms with E-state index in [0.29, 0.717) is 19.6 Å². The van der Waals surface area contributed by atoms with E-state index in [1.165, 1.54) is 0 Å². The van der Waals surface area contributed by atoms with E-state index >= 15 is 0 Å². The van der Waals surface area contributed by atoms with Gasteiger partial charge in [-0.3, -0.25) is 14.5 Å². The van der Waals surface area contributed by atoms with E-state index in [1.54, 1.807) is 4.68 Å². The first-order chi connectivity index (χ1) is 13.2. The fourth-order valence-corrected chi connectivity index (χ4v) is 3.68. The smallest absolute Gasteiger partial charge is 0.244 e. The minimum atomic E-state index is 0.116. The molecule has 1 atom stereocenters. The van der Waals surface area contributed by atoms with Crippen molar-refractivity contribution in [3.8, 4) is 0 Å². The molecule has 1 aliphatic heterocycles. The highest BCUT2D eigenvalue weighted by molar-refractivity contribution is 5.76. The lowest BCUT2D eigenvalue weighted by Crippen LogP contribution is -2.41. The summed E-state index contributed by atoms with van der Waals surface area (Å²) in [6.07, 6.45) is 9.54. The van der Waals surface area contributed by atoms with Crippen LogP contribution in [0.4, 0.5) is 0 Å². The highest BCUT2D eigenvalue weighted by Crippen LogP contribution is 2.26. The summed E-state index contributed by atoms with van der Waals surface area (Å²) in [6, 6.07) is 7.86. The van der Waals surface area contributed by atoms with Gasteiger partial charge in [-0.05, 0) is 38.0 Å². The standard InChI is InChI=1S/C20H24N6O/c1-16-7-11-26(23-16)15-19(27)24-10-4-5-17(13-24)20-22-9-12-25(20)14-18-6-2-3-8-21-18/h2-3,6-9,11-12,17H,4-5,10,13-15H2,1H3/t17-/m1/s1. The van der Waals surface area contributed by atoms with E-state index in [2.05, 4.69) is 19.6 Å². The number of hydrogen-bond donors (Lipinski definition) is 0. The maximum absolute atomic E-state index is 12.7. The van der Waals surface area contributed by atoms with Gasteiger partial charge < -0.3 is 9.47 Å². The van der Waals surface area contributed by atoms with Crippen molar-refractivity contribution in [3.05, 3.63) is 66.3 Å². The maximum Gasteiger partial charge on any atom is 0.244 e. The second-order valence-corrected chi connectivity index (χ2v) is 7.07. The minimum absolute atomic E-state index is 0.116. The van der Waals surface area contributed by atoms with Crippen LogP contribution in [-0.2, 0) is 17.9 Å². The van der Waals surface area contributed by atoms with Crippen molar-refractivity contribution in [2.75, 3.05) is 13.1 Å². The Bertz CT molecular complexity index is 900. The fourth-order valence-electron chi connectivity index (χ4n) is 3.68. The van der Waals surface area contributed by atoms with Gasteiger partial charge in [0.1, 0.15) is 12.4 Å². The summed E-state index contributed by atoms with van der Waals surface area (Å²) in [5.41, 5.74) is 1.94. The molecule has 0 radical (unpaired) electrons. The molecule has 7 nitrogen and oxygen atoms in total. The van der Waals surface area contributed by atoms with Gasteiger partial charge in [0.05, 0.1) is 17.9 Å². The van der Waals surface area contributed by atoms with E-state index in [9.17, 15) is 4.79 Å². The molecule has 1 amide bonds. The van der Waals surface area contributed by atoms with Gasteiger partial charge in [0.15, 0.2) is 0 Å². The van der Waals surface area contributed by atoms with Crippen LogP contribution in [0, 0.1) is 6.92 Å². The predicted octanol–water partition coefficient (Wildman–Crippen LogP) is 2.24. The number of piperidine rings is 1. The molecule has 7 heteroatoms. The number of pyridine rings is 1. The Morgan fingerprint density at radius 3 is 2.89 bits per heavy atom. The van der Waals surface area contributed by atoms with Crippen molar-refractivity contribution in [3.63, 3.8) is 0 Å². The lowest BCUT2D eigenvalue weighted by Gasteiger charge is -2.32. The minimum Gasteiger partial charge on any atom is -0.340 e. The highest BCUT2D eigenvalue weighted by Gasteiger charge is 2.27. The average Bonchev–Trinajstić information content (AvgIpc) is 3.31. The van der Waals surface area contributed by atoms with E-state index in [-0.39, 0.29) is 11.8 Å². The van der Waals surface area contributed by atoms with Crippen LogP contribution in [-0.4, -0.2) is 48.2 Å². The van der Waals surface area contributed by atoms with Crippen LogP contribution in [0.3, 0.4) is 0 Å². The molecule has 0 aliphatic carbocycles. The van der Waals surface area contributed by atoms with Gasteiger partial charge in [0.2, 0.25) is 5.91 Å². The second-order valence-electron chi connectivity index (χ2n) is 7.07. The van der Waals surface area contributed by atoms with E-state index < -0.39 is 0 Å². The molecule has 0 saturated carbocycles. The Hall–Kier alpha value is -2.96. The van der Waals surface area contributed by atoms with Gasteiger partial charge in [-0.25, -0.2) is 4.98 Å². The summed E-state index contributed by atoms with van der Waals surface area (Å²) in [7, 11) is 0. The van der Waals surface area contributed by atoms with Gasteiger partial charge >= 0.3 is 0 Å². The molecule has 0 bridgehead atoms. The van der Waals surface area contributed by atoms with Crippen LogP contribution in [0.2, 0.25) is 0 Å². The Labute approximate surface area is 158 Å². The van der Waals surface area contributed by atoms with Crippen LogP contribution < -0.4 is 0 Å². The third kappa shape index (κ3) is 4.07. The normalized spacial score (nSPS) is 17.2. The second kappa shape index (κ2) is 7.73. The van der Waals surface area contributed by atoms with E-state index in [4.69, 9.17) is 0 Å². The number of carbonyl (C=O) groups is 1. The molecule has 3 aromatic rings. The van der Waals surface area contributed by atoms with Crippen LogP contribution in [0.5, 0.6) is 0 Å². The van der Waals surface area contributed by atoms with Gasteiger partial charge in [0.25, 0.3) is 0 Å². The van der Waals surface area contributed by atoms with Crippen molar-refractivity contribution in [1.82, 2.24) is 29.2 Å². The van der Waals surface area contributed by atoms with Crippen molar-refractivity contribution < 1.29 is 4.79 Å². The molecule has 0 spiro atoms. The zero-order chi connectivity index (χ0) is 18.6. The molecule has 0 N–H and O–H groups in total. The molecule has 4 rings (SSSR count). The molecule has 1 saturated heterocycles. The summed E-state index contributed by atoms with van der Waals surface area (Å²) < 4.78 is 3.86. The highest BCUT2D eigenvalue weighted by atomic mass is 16.2. The van der Waals surface area contributed by atoms with Crippen molar-refractivity contribution in [2.45, 2.75) is 38.8 Å². The lowest BCUT2D eigenvalue weighted by atomic mass is 9.97. The summed E-state index contributed by atoms with van der Waals surface area (Å²) in [5.74, 6) is 1.40. The zero-order valence-corrected chi connectivity index (χ0v) is 15.5. The Morgan fingerprint density at radius 2 is 2.11 bits per heavy atom. The molecule has 140 valence electrons. The van der Waals surface area contributed by atoms with Crippen LogP contribution >= 0.6 is 0 Å². The first-order valence-corrected chi connectivity index (χ1v) is 9.38. The predicted molar refractivity (Wildman–Crippen MR) is 101 cm³/mol. The largest absolute Gasteiger partial charge is 0.340 e. The Morgan fingerprint density at radius 1 is 1.19 bits per heavy atom. The summed E-state index contributed by atoms with van der Waals surface area (Å²) in [6.45, 7) is 4.43. The SMILES string of the molecule is Cc1ccn(CC(=O)N2CCC[C@@H](c3nccn3Cc3ccccn3)C2)n1. The number of aromatic nitrogens is 5. The first-order valence-electron chi connectivity index (χ1n) is 9.38. The van der Waals surface area contributed by atoms with Crippen molar-refractivity contribution in [2.24, 2.45) is 0 Å². The third-order valence-electron chi connectivity index (χ3n) is 5.02. The molecule has 0 unspecified atom stereocenters. The number of likely N-dealkylation sites (tertiary alicyclic amines) is 1. The molecular weight excluding hydrogens is 340 g/mol. The summed E-state index contributed by atoms with van der Waals surface area (Å²) in [5, 5.41) is 4.32. The number of rotatable bonds is 5. The Kier molecular flexibility index (Phi) is 5.00. The number of nitrogens with zero attached hydrogens (tertiary/aromatic N) is 6. The molecular formula is C20H24N6O. The average molecular weight is 364 g/mol. The van der Waals surface area contributed by atoms with Gasteiger partial charge in [-0.1, -0.05) is 6.07 Å². The summed E-state index contributed by atoms with van der Waals surface area (Å²) in [4.78, 5) is 23.7. The number of amides is 1. The molecule has 3 aromatic heterocycles. The zero-order valence-electron chi connectivity index (χ0n) is 15.5. The third-order valence-corrected chi connectivity index (χ3v) is 5.02. The number of imidazole rings is 1. The maximum atomic E-state index is 12.7. The monoisotopic (exact) mass is 364 g/mol. The van der Waals surface area contributed by atoms with Crippen LogP contribution in [0.1, 0.15) is 36.0 Å². The van der Waals surface area contributed by atoms with Gasteiger partial charge in [-0.15, -0.1) is 0 Å². The van der Waals surface area contributed by atoms with Crippen LogP contribution in [0.25, 0.3) is 0 Å². The van der Waals surface area contributed by atoms with Crippen LogP contribution in [0.15, 0.2) is 49.1 Å².